The average molecular weight is 343 g/mol. The van der Waals surface area contributed by atoms with Crippen molar-refractivity contribution in [2.45, 2.75) is 45.7 Å². The highest BCUT2D eigenvalue weighted by molar-refractivity contribution is 5.28. The third kappa shape index (κ3) is 4.95. The zero-order valence-electron chi connectivity index (χ0n) is 13.7. The van der Waals surface area contributed by atoms with Gasteiger partial charge in [0.15, 0.2) is 0 Å². The normalized spacial score (nSPS) is 15.1. The number of rotatable bonds is 5. The van der Waals surface area contributed by atoms with Crippen LogP contribution in [-0.2, 0) is 6.42 Å². The minimum absolute atomic E-state index is 0.278. The summed E-state index contributed by atoms with van der Waals surface area (Å²) in [5.74, 6) is -0.278. The van der Waals surface area contributed by atoms with Crippen LogP contribution in [0.3, 0.4) is 0 Å². The van der Waals surface area contributed by atoms with Gasteiger partial charge in [0.1, 0.15) is 18.4 Å². The lowest BCUT2D eigenvalue weighted by Crippen LogP contribution is -2.37. The van der Waals surface area contributed by atoms with E-state index in [0.29, 0.717) is 6.42 Å². The Labute approximate surface area is 138 Å². The summed E-state index contributed by atoms with van der Waals surface area (Å²) in [5.41, 5.74) is 0.365. The van der Waals surface area contributed by atoms with Crippen molar-refractivity contribution in [3.63, 3.8) is 0 Å². The van der Waals surface area contributed by atoms with Gasteiger partial charge in [0.2, 0.25) is 0 Å². The summed E-state index contributed by atoms with van der Waals surface area (Å²) in [5, 5.41) is 14.7. The summed E-state index contributed by atoms with van der Waals surface area (Å²) in [6.07, 6.45) is -2.14. The van der Waals surface area contributed by atoms with Gasteiger partial charge in [-0.25, -0.2) is 9.67 Å². The highest BCUT2D eigenvalue weighted by Crippen LogP contribution is 2.31. The maximum absolute atomic E-state index is 12.2. The molecule has 0 bridgehead atoms. The summed E-state index contributed by atoms with van der Waals surface area (Å²) in [7, 11) is 0. The molecule has 0 radical (unpaired) electrons. The third-order valence-corrected chi connectivity index (χ3v) is 3.63. The van der Waals surface area contributed by atoms with Crippen LogP contribution in [0.15, 0.2) is 36.9 Å². The number of hydrogen-bond acceptors (Lipinski definition) is 4. The van der Waals surface area contributed by atoms with Crippen molar-refractivity contribution in [3.05, 3.63) is 42.5 Å². The molecule has 0 aliphatic carbocycles. The molecule has 1 N–H and O–H groups in total. The molecule has 1 heterocycles. The second-order valence-corrected chi connectivity index (χ2v) is 6.65. The fraction of sp³-hybridized carbons (Fsp3) is 0.500. The first-order chi connectivity index (χ1) is 11.1. The molecule has 2 atom stereocenters. The van der Waals surface area contributed by atoms with Gasteiger partial charge in [0, 0.05) is 0 Å². The van der Waals surface area contributed by atoms with Crippen molar-refractivity contribution in [1.82, 2.24) is 14.8 Å². The fourth-order valence-corrected chi connectivity index (χ4v) is 2.38. The van der Waals surface area contributed by atoms with E-state index in [-0.39, 0.29) is 11.8 Å². The molecule has 132 valence electrons. The van der Waals surface area contributed by atoms with Gasteiger partial charge in [0.05, 0.1) is 12.1 Å². The van der Waals surface area contributed by atoms with Crippen molar-refractivity contribution in [2.75, 3.05) is 0 Å². The second-order valence-electron chi connectivity index (χ2n) is 6.65. The summed E-state index contributed by atoms with van der Waals surface area (Å²) in [6, 6.07) is 5.21. The van der Waals surface area contributed by atoms with Crippen LogP contribution >= 0.6 is 0 Å². The number of ether oxygens (including phenoxy) is 1. The first-order valence-electron chi connectivity index (χ1n) is 7.43. The van der Waals surface area contributed by atoms with Crippen LogP contribution in [0.25, 0.3) is 0 Å². The zero-order valence-corrected chi connectivity index (χ0v) is 13.7. The maximum Gasteiger partial charge on any atom is 0.573 e. The van der Waals surface area contributed by atoms with Crippen LogP contribution in [0.1, 0.15) is 32.4 Å². The van der Waals surface area contributed by atoms with Gasteiger partial charge in [-0.05, 0) is 29.5 Å². The van der Waals surface area contributed by atoms with Crippen LogP contribution < -0.4 is 4.74 Å². The highest BCUT2D eigenvalue weighted by atomic mass is 19.4. The van der Waals surface area contributed by atoms with E-state index in [9.17, 15) is 18.3 Å². The molecule has 8 heteroatoms. The molecule has 5 nitrogen and oxygen atoms in total. The number of aliphatic hydroxyl groups is 1. The number of aromatic nitrogens is 3. The topological polar surface area (TPSA) is 60.2 Å². The predicted molar refractivity (Wildman–Crippen MR) is 81.3 cm³/mol. The number of aliphatic hydroxyl groups excluding tert-OH is 1. The molecular weight excluding hydrogens is 323 g/mol. The molecule has 1 aromatic carbocycles. The highest BCUT2D eigenvalue weighted by Gasteiger charge is 2.33. The van der Waals surface area contributed by atoms with Crippen molar-refractivity contribution >= 4 is 0 Å². The molecule has 0 saturated carbocycles. The molecule has 0 saturated heterocycles. The quantitative estimate of drug-likeness (QED) is 0.904. The van der Waals surface area contributed by atoms with Gasteiger partial charge in [-0.1, -0.05) is 32.9 Å². The van der Waals surface area contributed by atoms with Gasteiger partial charge in [-0.15, -0.1) is 13.2 Å². The fourth-order valence-electron chi connectivity index (χ4n) is 2.38. The lowest BCUT2D eigenvalue weighted by Gasteiger charge is -2.33. The third-order valence-electron chi connectivity index (χ3n) is 3.63. The Morgan fingerprint density at radius 2 is 1.79 bits per heavy atom. The van der Waals surface area contributed by atoms with Gasteiger partial charge in [-0.2, -0.15) is 5.10 Å². The zero-order chi connectivity index (χ0) is 18.0. The lowest BCUT2D eigenvalue weighted by molar-refractivity contribution is -0.274. The van der Waals surface area contributed by atoms with E-state index in [0.717, 1.165) is 5.56 Å². The largest absolute Gasteiger partial charge is 0.573 e. The van der Waals surface area contributed by atoms with Gasteiger partial charge >= 0.3 is 6.36 Å². The number of alkyl halides is 3. The molecule has 2 rings (SSSR count). The van der Waals surface area contributed by atoms with Crippen molar-refractivity contribution in [3.8, 4) is 5.75 Å². The van der Waals surface area contributed by atoms with E-state index in [2.05, 4.69) is 14.8 Å². The van der Waals surface area contributed by atoms with E-state index >= 15 is 0 Å². The summed E-state index contributed by atoms with van der Waals surface area (Å²) >= 11 is 0. The van der Waals surface area contributed by atoms with E-state index < -0.39 is 17.9 Å². The Morgan fingerprint density at radius 1 is 1.17 bits per heavy atom. The lowest BCUT2D eigenvalue weighted by atomic mass is 9.82. The molecule has 0 aliphatic heterocycles. The van der Waals surface area contributed by atoms with Crippen molar-refractivity contribution < 1.29 is 23.0 Å². The Hall–Kier alpha value is -2.09. The maximum atomic E-state index is 12.2. The van der Waals surface area contributed by atoms with Crippen molar-refractivity contribution in [2.24, 2.45) is 5.41 Å². The Kier molecular flexibility index (Phi) is 5.17. The minimum Gasteiger partial charge on any atom is -0.406 e. The molecule has 2 aromatic rings. The standard InChI is InChI=1S/C16H20F3N3O2/c1-15(2,3)14(23)13(22-10-20-9-21-22)8-11-4-6-12(7-5-11)24-16(17,18)19/h4-7,9-10,13-14,23H,8H2,1-3H3. The SMILES string of the molecule is CC(C)(C)C(O)C(Cc1ccc(OC(F)(F)F)cc1)n1cncn1. The summed E-state index contributed by atoms with van der Waals surface area (Å²) < 4.78 is 42.0. The van der Waals surface area contributed by atoms with Crippen LogP contribution in [0.2, 0.25) is 0 Å². The molecule has 0 aliphatic rings. The summed E-state index contributed by atoms with van der Waals surface area (Å²) in [6.45, 7) is 5.71. The van der Waals surface area contributed by atoms with Crippen LogP contribution in [0.5, 0.6) is 5.75 Å². The van der Waals surface area contributed by atoms with E-state index in [4.69, 9.17) is 0 Å². The summed E-state index contributed by atoms with van der Waals surface area (Å²) in [4.78, 5) is 3.90. The van der Waals surface area contributed by atoms with Crippen LogP contribution in [0.4, 0.5) is 13.2 Å². The monoisotopic (exact) mass is 343 g/mol. The van der Waals surface area contributed by atoms with Gasteiger partial charge in [0.25, 0.3) is 0 Å². The molecule has 1 aromatic heterocycles. The minimum atomic E-state index is -4.72. The number of halogens is 3. The average Bonchev–Trinajstić information content (AvgIpc) is 2.97. The van der Waals surface area contributed by atoms with Crippen LogP contribution in [0, 0.1) is 5.41 Å². The second kappa shape index (κ2) is 6.80. The number of benzene rings is 1. The molecule has 0 amide bonds. The predicted octanol–water partition coefficient (Wildman–Crippen LogP) is 3.37. The van der Waals surface area contributed by atoms with E-state index in [1.54, 1.807) is 16.8 Å². The smallest absolute Gasteiger partial charge is 0.406 e. The molecule has 24 heavy (non-hydrogen) atoms. The Morgan fingerprint density at radius 3 is 2.25 bits per heavy atom. The van der Waals surface area contributed by atoms with Gasteiger partial charge < -0.3 is 9.84 Å². The number of hydrogen-bond donors (Lipinski definition) is 1. The van der Waals surface area contributed by atoms with Crippen molar-refractivity contribution in [1.29, 1.82) is 0 Å². The molecule has 0 fully saturated rings. The Balaban J connectivity index is 2.18. The van der Waals surface area contributed by atoms with E-state index in [1.165, 1.54) is 24.8 Å². The number of nitrogens with zero attached hydrogens (tertiary/aromatic N) is 3. The first-order valence-corrected chi connectivity index (χ1v) is 7.43. The molecule has 2 unspecified atom stereocenters. The Bertz CT molecular complexity index is 634. The van der Waals surface area contributed by atoms with Crippen LogP contribution in [-0.4, -0.2) is 32.3 Å². The van der Waals surface area contributed by atoms with E-state index in [1.807, 2.05) is 20.8 Å². The molecular formula is C16H20F3N3O2. The van der Waals surface area contributed by atoms with Gasteiger partial charge in [-0.3, -0.25) is 0 Å². The molecule has 0 spiro atoms. The first kappa shape index (κ1) is 18.3.